The van der Waals surface area contributed by atoms with Gasteiger partial charge in [-0.05, 0) is 13.5 Å². The lowest BCUT2D eigenvalue weighted by molar-refractivity contribution is 0.548. The zero-order valence-electron chi connectivity index (χ0n) is 9.71. The van der Waals surface area contributed by atoms with Crippen molar-refractivity contribution in [2.45, 2.75) is 20.4 Å². The van der Waals surface area contributed by atoms with Crippen LogP contribution < -0.4 is 10.2 Å². The van der Waals surface area contributed by atoms with E-state index in [1.807, 2.05) is 18.9 Å². The number of hydrogen-bond acceptors (Lipinski definition) is 4. The molecule has 1 aromatic rings. The molecule has 0 fully saturated rings. The van der Waals surface area contributed by atoms with Crippen molar-refractivity contribution in [2.24, 2.45) is 0 Å². The van der Waals surface area contributed by atoms with Crippen LogP contribution in [0.25, 0.3) is 0 Å². The molecule has 4 heteroatoms. The van der Waals surface area contributed by atoms with E-state index >= 15 is 0 Å². The first-order valence-electron chi connectivity index (χ1n) is 5.14. The Morgan fingerprint density at radius 2 is 2.40 bits per heavy atom. The molecular formula is C11H19N3O. The molecule has 1 aromatic heterocycles. The standard InChI is InChI=1S/C11H19N3O/c1-5-12-6-10-8-15-11(13-10)14(4)7-9(2)3/h8,12H,2,5-7H2,1,3-4H3. The average molecular weight is 209 g/mol. The van der Waals surface area contributed by atoms with Gasteiger partial charge in [0.2, 0.25) is 0 Å². The molecule has 0 aliphatic heterocycles. The smallest absolute Gasteiger partial charge is 0.297 e. The third kappa shape index (κ3) is 3.75. The van der Waals surface area contributed by atoms with Crippen LogP contribution in [-0.4, -0.2) is 25.1 Å². The lowest BCUT2D eigenvalue weighted by Crippen LogP contribution is -2.19. The molecule has 0 unspecified atom stereocenters. The quantitative estimate of drug-likeness (QED) is 0.725. The van der Waals surface area contributed by atoms with E-state index in [9.17, 15) is 0 Å². The third-order valence-corrected chi connectivity index (χ3v) is 1.93. The molecule has 84 valence electrons. The number of oxazole rings is 1. The van der Waals surface area contributed by atoms with Gasteiger partial charge in [0.05, 0.1) is 5.69 Å². The Morgan fingerprint density at radius 1 is 1.67 bits per heavy atom. The van der Waals surface area contributed by atoms with Crippen molar-refractivity contribution in [3.63, 3.8) is 0 Å². The van der Waals surface area contributed by atoms with Crippen LogP contribution in [0.1, 0.15) is 19.5 Å². The Balaban J connectivity index is 2.54. The van der Waals surface area contributed by atoms with Gasteiger partial charge in [0.1, 0.15) is 6.26 Å². The molecule has 15 heavy (non-hydrogen) atoms. The van der Waals surface area contributed by atoms with Gasteiger partial charge in [0, 0.05) is 20.1 Å². The van der Waals surface area contributed by atoms with E-state index in [-0.39, 0.29) is 0 Å². The van der Waals surface area contributed by atoms with Gasteiger partial charge in [-0.3, -0.25) is 0 Å². The van der Waals surface area contributed by atoms with Crippen LogP contribution in [0.2, 0.25) is 0 Å². The Morgan fingerprint density at radius 3 is 3.00 bits per heavy atom. The largest absolute Gasteiger partial charge is 0.432 e. The second-order valence-corrected chi connectivity index (χ2v) is 3.71. The highest BCUT2D eigenvalue weighted by Crippen LogP contribution is 2.12. The normalized spacial score (nSPS) is 10.3. The van der Waals surface area contributed by atoms with Crippen LogP contribution >= 0.6 is 0 Å². The number of anilines is 1. The molecule has 0 spiro atoms. The number of likely N-dealkylation sites (N-methyl/N-ethyl adjacent to an activating group) is 1. The minimum Gasteiger partial charge on any atom is -0.432 e. The third-order valence-electron chi connectivity index (χ3n) is 1.93. The van der Waals surface area contributed by atoms with Crippen molar-refractivity contribution in [1.82, 2.24) is 10.3 Å². The van der Waals surface area contributed by atoms with Crippen LogP contribution in [0, 0.1) is 0 Å². The summed E-state index contributed by atoms with van der Waals surface area (Å²) in [4.78, 5) is 6.30. The fourth-order valence-corrected chi connectivity index (χ4v) is 1.28. The highest BCUT2D eigenvalue weighted by Gasteiger charge is 2.08. The zero-order chi connectivity index (χ0) is 11.3. The van der Waals surface area contributed by atoms with Crippen LogP contribution in [0.5, 0.6) is 0 Å². The summed E-state index contributed by atoms with van der Waals surface area (Å²) in [5.41, 5.74) is 2.02. The second kappa shape index (κ2) is 5.56. The first-order chi connectivity index (χ1) is 7.13. The molecule has 0 aliphatic rings. The maximum absolute atomic E-state index is 5.36. The summed E-state index contributed by atoms with van der Waals surface area (Å²) in [6.07, 6.45) is 1.69. The van der Waals surface area contributed by atoms with Crippen LogP contribution in [0.15, 0.2) is 22.8 Å². The number of rotatable bonds is 6. The van der Waals surface area contributed by atoms with Gasteiger partial charge in [-0.1, -0.05) is 19.1 Å². The van der Waals surface area contributed by atoms with E-state index in [4.69, 9.17) is 4.42 Å². The SMILES string of the molecule is C=C(C)CN(C)c1nc(CNCC)co1. The molecule has 1 rings (SSSR count). The number of nitrogens with zero attached hydrogens (tertiary/aromatic N) is 2. The Labute approximate surface area is 91.0 Å². The number of aromatic nitrogens is 1. The van der Waals surface area contributed by atoms with Crippen LogP contribution in [0.4, 0.5) is 6.01 Å². The van der Waals surface area contributed by atoms with Crippen molar-refractivity contribution in [3.05, 3.63) is 24.1 Å². The lowest BCUT2D eigenvalue weighted by Gasteiger charge is -2.13. The molecule has 1 heterocycles. The number of hydrogen-bond donors (Lipinski definition) is 1. The van der Waals surface area contributed by atoms with Gasteiger partial charge in [-0.2, -0.15) is 4.98 Å². The zero-order valence-corrected chi connectivity index (χ0v) is 9.71. The van der Waals surface area contributed by atoms with E-state index in [0.29, 0.717) is 6.01 Å². The summed E-state index contributed by atoms with van der Waals surface area (Å²) in [7, 11) is 1.94. The van der Waals surface area contributed by atoms with Gasteiger partial charge < -0.3 is 14.6 Å². The monoisotopic (exact) mass is 209 g/mol. The lowest BCUT2D eigenvalue weighted by atomic mass is 10.3. The molecule has 0 radical (unpaired) electrons. The van der Waals surface area contributed by atoms with Gasteiger partial charge in [-0.25, -0.2) is 0 Å². The number of nitrogens with one attached hydrogen (secondary N) is 1. The second-order valence-electron chi connectivity index (χ2n) is 3.71. The maximum atomic E-state index is 5.36. The highest BCUT2D eigenvalue weighted by molar-refractivity contribution is 5.27. The predicted molar refractivity (Wildman–Crippen MR) is 62.0 cm³/mol. The van der Waals surface area contributed by atoms with E-state index in [1.165, 1.54) is 0 Å². The topological polar surface area (TPSA) is 41.3 Å². The fourth-order valence-electron chi connectivity index (χ4n) is 1.28. The summed E-state index contributed by atoms with van der Waals surface area (Å²) in [6.45, 7) is 10.4. The predicted octanol–water partition coefficient (Wildman–Crippen LogP) is 1.80. The molecule has 0 amide bonds. The minimum atomic E-state index is 0.644. The highest BCUT2D eigenvalue weighted by atomic mass is 16.4. The van der Waals surface area contributed by atoms with Crippen molar-refractivity contribution in [3.8, 4) is 0 Å². The summed E-state index contributed by atoms with van der Waals surface area (Å²) < 4.78 is 5.36. The fraction of sp³-hybridized carbons (Fsp3) is 0.545. The average Bonchev–Trinajstić information content (AvgIpc) is 2.62. The van der Waals surface area contributed by atoms with E-state index in [1.54, 1.807) is 6.26 Å². The summed E-state index contributed by atoms with van der Waals surface area (Å²) >= 11 is 0. The van der Waals surface area contributed by atoms with Gasteiger partial charge in [-0.15, -0.1) is 0 Å². The molecular weight excluding hydrogens is 190 g/mol. The molecule has 0 aliphatic carbocycles. The summed E-state index contributed by atoms with van der Waals surface area (Å²) in [5, 5.41) is 3.20. The molecule has 0 bridgehead atoms. The van der Waals surface area contributed by atoms with Crippen molar-refractivity contribution in [1.29, 1.82) is 0 Å². The first-order valence-corrected chi connectivity index (χ1v) is 5.14. The van der Waals surface area contributed by atoms with Gasteiger partial charge in [0.15, 0.2) is 0 Å². The van der Waals surface area contributed by atoms with Crippen molar-refractivity contribution >= 4 is 6.01 Å². The molecule has 0 saturated heterocycles. The Hall–Kier alpha value is -1.29. The molecule has 0 atom stereocenters. The summed E-state index contributed by atoms with van der Waals surface area (Å²) in [5.74, 6) is 0. The van der Waals surface area contributed by atoms with E-state index < -0.39 is 0 Å². The molecule has 1 N–H and O–H groups in total. The van der Waals surface area contributed by atoms with E-state index in [2.05, 4.69) is 23.8 Å². The van der Waals surface area contributed by atoms with Crippen LogP contribution in [-0.2, 0) is 6.54 Å². The van der Waals surface area contributed by atoms with Crippen molar-refractivity contribution < 1.29 is 4.42 Å². The van der Waals surface area contributed by atoms with Gasteiger partial charge >= 0.3 is 0 Å². The van der Waals surface area contributed by atoms with Crippen molar-refractivity contribution in [2.75, 3.05) is 25.0 Å². The minimum absolute atomic E-state index is 0.644. The summed E-state index contributed by atoms with van der Waals surface area (Å²) in [6, 6.07) is 0.644. The first kappa shape index (κ1) is 11.8. The maximum Gasteiger partial charge on any atom is 0.297 e. The van der Waals surface area contributed by atoms with E-state index in [0.717, 1.165) is 30.9 Å². The van der Waals surface area contributed by atoms with Gasteiger partial charge in [0.25, 0.3) is 6.01 Å². The Kier molecular flexibility index (Phi) is 4.37. The Bertz CT molecular complexity index is 319. The molecule has 0 aromatic carbocycles. The van der Waals surface area contributed by atoms with Crippen LogP contribution in [0.3, 0.4) is 0 Å². The molecule has 4 nitrogen and oxygen atoms in total. The molecule has 0 saturated carbocycles.